The number of nitrogens with two attached hydrogens (primary N) is 4. The number of nitrogens with one attached hydrogen (secondary N) is 8. The number of primary amides is 4. The number of rotatable bonds is 24. The van der Waals surface area contributed by atoms with Gasteiger partial charge in [0, 0.05) is 211 Å². The van der Waals surface area contributed by atoms with E-state index in [2.05, 4.69) is 198 Å². The fourth-order valence-corrected chi connectivity index (χ4v) is 18.1. The zero-order chi connectivity index (χ0) is 90.2. The first-order valence-electron chi connectivity index (χ1n) is 45.9. The monoisotopic (exact) mass is 1790 g/mol. The lowest BCUT2D eigenvalue weighted by Crippen LogP contribution is -2.57. The predicted octanol–water partition coefficient (Wildman–Crippen LogP) is 9.67. The van der Waals surface area contributed by atoms with E-state index in [-0.39, 0.29) is 12.1 Å². The molecule has 0 bridgehead atoms. The molecule has 0 radical (unpaired) electrons. The van der Waals surface area contributed by atoms with E-state index in [0.29, 0.717) is 132 Å². The number of ether oxygens (including phenoxy) is 4. The van der Waals surface area contributed by atoms with E-state index in [0.717, 1.165) is 210 Å². The molecule has 13 aliphatic rings. The first-order valence-corrected chi connectivity index (χ1v) is 45.9. The minimum atomic E-state index is -0.546. The molecule has 24 rings (SSSR count). The van der Waals surface area contributed by atoms with Crippen molar-refractivity contribution in [3.63, 3.8) is 0 Å². The summed E-state index contributed by atoms with van der Waals surface area (Å²) in [6, 6.07) is 46.5. The molecular formula is C95H106N30O8. The molecular weight excluding hydrogens is 1690 g/mol. The normalized spacial score (nSPS) is 19.9. The van der Waals surface area contributed by atoms with E-state index in [1.54, 1.807) is 6.20 Å². The summed E-state index contributed by atoms with van der Waals surface area (Å²) in [5, 5.41) is 26.0. The predicted molar refractivity (Wildman–Crippen MR) is 510 cm³/mol. The van der Waals surface area contributed by atoms with Gasteiger partial charge in [0.1, 0.15) is 72.7 Å². The van der Waals surface area contributed by atoms with Gasteiger partial charge >= 0.3 is 0 Å². The number of carbonyl (C=O) groups excluding carboxylic acids is 4. The number of aromatic nitrogens is 10. The second kappa shape index (κ2) is 37.0. The molecule has 0 spiro atoms. The molecule has 8 aliphatic heterocycles. The maximum absolute atomic E-state index is 11.7. The van der Waals surface area contributed by atoms with Crippen LogP contribution in [0.1, 0.15) is 106 Å². The quantitative estimate of drug-likeness (QED) is 0.0268. The molecule has 38 nitrogen and oxygen atoms in total. The van der Waals surface area contributed by atoms with Gasteiger partial charge in [-0.25, -0.2) is 19.9 Å². The van der Waals surface area contributed by atoms with Crippen LogP contribution < -0.4 is 119 Å². The second-order valence-corrected chi connectivity index (χ2v) is 35.6. The van der Waals surface area contributed by atoms with E-state index in [1.807, 2.05) is 79.3 Å². The van der Waals surface area contributed by atoms with Gasteiger partial charge in [-0.3, -0.25) is 34.0 Å². The van der Waals surface area contributed by atoms with Crippen LogP contribution in [-0.2, 0) is 0 Å². The van der Waals surface area contributed by atoms with Crippen LogP contribution in [0.4, 0.5) is 110 Å². The fraction of sp³-hybridized carbons (Fsp3) is 0.368. The van der Waals surface area contributed by atoms with Gasteiger partial charge in [0.25, 0.3) is 23.6 Å². The minimum absolute atomic E-state index is 0.279. The van der Waals surface area contributed by atoms with Crippen molar-refractivity contribution in [2.45, 2.75) is 119 Å². The Morgan fingerprint density at radius 3 is 0.940 bits per heavy atom. The number of nitrogens with zero attached hydrogens (tertiary/aromatic N) is 18. The molecule has 684 valence electrons. The Labute approximate surface area is 767 Å². The molecule has 4 unspecified atom stereocenters. The van der Waals surface area contributed by atoms with Crippen molar-refractivity contribution >= 4 is 133 Å². The van der Waals surface area contributed by atoms with Gasteiger partial charge in [0.15, 0.2) is 0 Å². The Balaban J connectivity index is 0.000000107. The fourth-order valence-electron chi connectivity index (χ4n) is 18.1. The number of hydrogen-bond acceptors (Lipinski definition) is 34. The number of anilines is 19. The maximum atomic E-state index is 11.7. The van der Waals surface area contributed by atoms with E-state index in [4.69, 9.17) is 41.9 Å². The largest absolute Gasteiger partial charge is 0.489 e. The second-order valence-electron chi connectivity index (χ2n) is 35.6. The first-order chi connectivity index (χ1) is 65.0. The Morgan fingerprint density at radius 1 is 0.308 bits per heavy atom. The molecule has 16 N–H and O–H groups in total. The summed E-state index contributed by atoms with van der Waals surface area (Å²) in [6.45, 7) is 14.2. The zero-order valence-corrected chi connectivity index (χ0v) is 73.4. The number of fused-ring (bicyclic) bond motifs is 12. The van der Waals surface area contributed by atoms with Crippen molar-refractivity contribution in [3.05, 3.63) is 199 Å². The first kappa shape index (κ1) is 84.6. The van der Waals surface area contributed by atoms with Gasteiger partial charge in [0.05, 0.1) is 81.1 Å². The van der Waals surface area contributed by atoms with Crippen molar-refractivity contribution in [1.29, 1.82) is 0 Å². The highest BCUT2D eigenvalue weighted by atomic mass is 16.5. The van der Waals surface area contributed by atoms with Gasteiger partial charge in [-0.2, -0.15) is 19.9 Å². The number of pyridine rings is 2. The smallest absolute Gasteiger partial charge is 0.254 e. The van der Waals surface area contributed by atoms with Crippen LogP contribution in [0.2, 0.25) is 0 Å². The van der Waals surface area contributed by atoms with Crippen molar-refractivity contribution < 1.29 is 38.1 Å². The molecule has 14 heterocycles. The molecule has 6 aromatic heterocycles. The summed E-state index contributed by atoms with van der Waals surface area (Å²) in [5.41, 5.74) is 34.4. The third kappa shape index (κ3) is 19.6. The molecule has 4 amide bonds. The van der Waals surface area contributed by atoms with E-state index in [1.165, 1.54) is 49.0 Å². The summed E-state index contributed by atoms with van der Waals surface area (Å²) in [4.78, 5) is 110. The number of benzene rings is 5. The lowest BCUT2D eigenvalue weighted by Gasteiger charge is -2.46. The highest BCUT2D eigenvalue weighted by Gasteiger charge is 2.41. The maximum Gasteiger partial charge on any atom is 0.254 e. The average molecular weight is 1800 g/mol. The topological polar surface area (TPSA) is 460 Å². The Kier molecular flexibility index (Phi) is 23.5. The third-order valence-electron chi connectivity index (χ3n) is 25.9. The van der Waals surface area contributed by atoms with Crippen molar-refractivity contribution in [1.82, 2.24) is 54.7 Å². The molecule has 4 saturated heterocycles. The van der Waals surface area contributed by atoms with Gasteiger partial charge in [-0.05, 0) is 149 Å². The number of hydrogen-bond donors (Lipinski definition) is 12. The van der Waals surface area contributed by atoms with Crippen molar-refractivity contribution in [3.8, 4) is 23.0 Å². The van der Waals surface area contributed by atoms with Gasteiger partial charge in [-0.1, -0.05) is 18.2 Å². The van der Waals surface area contributed by atoms with E-state index >= 15 is 0 Å². The SMILES string of the molecule is NC(=O)c1cnc(Nc2ccc3c(c2)OCC2CN(C4CC4)CCN32)nc1NC1CC1.NC(=O)c1cnc(Nc2ccc3c(c2)OCC2CN(c4ccccc4)CCN32)nc1NC1CC1.NC(=O)c1cnc(Nc2ccc3c(c2)OCC2CN(c4cccnc4)CCN32)nc1NC1CC1.NC(=O)c1cnc(Nc2ccc3c(c2)OCC2CN(c4ccncc4)CCN32)nc1NC1CC1. The summed E-state index contributed by atoms with van der Waals surface area (Å²) >= 11 is 0. The Morgan fingerprint density at radius 2 is 0.624 bits per heavy atom. The van der Waals surface area contributed by atoms with Crippen molar-refractivity contribution in [2.24, 2.45) is 22.9 Å². The average Bonchev–Trinajstić information content (AvgIpc) is 1.74. The molecule has 5 aromatic carbocycles. The van der Waals surface area contributed by atoms with Crippen molar-refractivity contribution in [2.75, 3.05) is 182 Å². The molecule has 38 heteroatoms. The van der Waals surface area contributed by atoms with Crippen LogP contribution >= 0.6 is 0 Å². The lowest BCUT2D eigenvalue weighted by atomic mass is 10.1. The number of amides is 4. The molecule has 11 aromatic rings. The summed E-state index contributed by atoms with van der Waals surface area (Å²) in [6.07, 6.45) is 24.4. The zero-order valence-electron chi connectivity index (χ0n) is 73.4. The van der Waals surface area contributed by atoms with Crippen LogP contribution in [0.15, 0.2) is 177 Å². The summed E-state index contributed by atoms with van der Waals surface area (Å²) in [5.74, 6) is 4.73. The third-order valence-corrected chi connectivity index (χ3v) is 25.9. The summed E-state index contributed by atoms with van der Waals surface area (Å²) in [7, 11) is 0. The molecule has 9 fully saturated rings. The van der Waals surface area contributed by atoms with Gasteiger partial charge in [0.2, 0.25) is 23.8 Å². The molecule has 5 aliphatic carbocycles. The number of para-hydroxylation sites is 1. The van der Waals surface area contributed by atoms with Crippen LogP contribution in [0.5, 0.6) is 23.0 Å². The lowest BCUT2D eigenvalue weighted by molar-refractivity contribution is 0.0992. The van der Waals surface area contributed by atoms with Crippen LogP contribution in [0.25, 0.3) is 0 Å². The Bertz CT molecular complexity index is 5680. The van der Waals surface area contributed by atoms with Crippen LogP contribution in [0, 0.1) is 0 Å². The molecule has 4 atom stereocenters. The molecule has 5 saturated carbocycles. The van der Waals surface area contributed by atoms with Crippen LogP contribution in [0.3, 0.4) is 0 Å². The molecule has 133 heavy (non-hydrogen) atoms. The Hall–Kier alpha value is -15.2. The highest BCUT2D eigenvalue weighted by molar-refractivity contribution is 6.00. The standard InChI is InChI=1S/C25H27N7O2.2C24H26N8O2.C22H27N7O2/c26-23(33)20-13-27-25(30-24(20)28-16-6-7-16)29-17-8-9-21-22(12-17)34-15-19-14-31(10-11-32(19)21)18-4-2-1-3-5-18;25-22(33)19-12-27-24(30-23(19)28-15-1-2-15)29-16-3-4-20-21(11-16)34-14-18-13-31(9-10-32(18)20)17-5-7-26-8-6-17;25-22(33)19-12-27-24(30-23(19)28-15-3-4-15)29-16-5-6-20-21(10-16)34-14-18-13-31(8-9-32(18)20)17-2-1-7-26-11-17;23-20(30)17-10-24-22(27-21(17)25-13-1-2-13)26-14-3-6-18-19(9-14)31-12-16-11-28(15-4-5-15)7-8-29(16)18/h1-5,8-9,12-13,16,19H,6-7,10-11,14-15H2,(H2,26,33)(H2,27,28,29,30);3-8,11-12,15,18H,1-2,9-10,13-14H2,(H2,25,33)(H2,27,28,29,30);1-2,5-7,10-12,15,18H,3-4,8-9,13-14H2,(H2,25,33)(H2,27,28,29,30);3,6,9-10,13,15-16H,1-2,4-5,7-8,11-12H2,(H2,23,30)(H2,24,25,26,27). The van der Waals surface area contributed by atoms with E-state index in [9.17, 15) is 19.2 Å². The van der Waals surface area contributed by atoms with Gasteiger partial charge < -0.3 is 119 Å². The summed E-state index contributed by atoms with van der Waals surface area (Å²) < 4.78 is 24.6. The van der Waals surface area contributed by atoms with Gasteiger partial charge in [-0.15, -0.1) is 0 Å². The van der Waals surface area contributed by atoms with E-state index < -0.39 is 23.6 Å². The minimum Gasteiger partial charge on any atom is -0.489 e. The number of carbonyl (C=O) groups is 4. The number of piperazine rings is 4. The highest BCUT2D eigenvalue weighted by Crippen LogP contribution is 2.45. The van der Waals surface area contributed by atoms with Crippen LogP contribution in [-0.4, -0.2) is 238 Å².